The third-order valence-corrected chi connectivity index (χ3v) is 3.85. The van der Waals surface area contributed by atoms with Gasteiger partial charge in [0.05, 0.1) is 12.5 Å². The molecule has 0 heterocycles. The van der Waals surface area contributed by atoms with E-state index in [1.807, 2.05) is 0 Å². The summed E-state index contributed by atoms with van der Waals surface area (Å²) in [6.45, 7) is 1.36. The Morgan fingerprint density at radius 3 is 2.30 bits per heavy atom. The molecule has 114 valence electrons. The van der Waals surface area contributed by atoms with Gasteiger partial charge in [-0.3, -0.25) is 14.4 Å². The molecule has 0 bridgehead atoms. The second-order valence-corrected chi connectivity index (χ2v) is 5.49. The highest BCUT2D eigenvalue weighted by atomic mass is 16.4. The number of carboxylic acids is 1. The van der Waals surface area contributed by atoms with Crippen LogP contribution < -0.4 is 5.32 Å². The van der Waals surface area contributed by atoms with Crippen molar-refractivity contribution in [1.29, 1.82) is 0 Å². The van der Waals surface area contributed by atoms with Gasteiger partial charge in [0.15, 0.2) is 0 Å². The predicted molar refractivity (Wildman–Crippen MR) is 74.1 cm³/mol. The lowest BCUT2D eigenvalue weighted by atomic mass is 9.87. The van der Waals surface area contributed by atoms with Crippen molar-refractivity contribution in [2.24, 2.45) is 5.92 Å². The Labute approximate surface area is 119 Å². The van der Waals surface area contributed by atoms with Crippen LogP contribution in [0.3, 0.4) is 0 Å². The van der Waals surface area contributed by atoms with Gasteiger partial charge in [-0.05, 0) is 12.8 Å². The van der Waals surface area contributed by atoms with E-state index >= 15 is 0 Å². The molecular weight excluding hydrogens is 260 g/mol. The Morgan fingerprint density at radius 1 is 1.15 bits per heavy atom. The smallest absolute Gasteiger partial charge is 0.308 e. The van der Waals surface area contributed by atoms with Crippen LogP contribution in [0.25, 0.3) is 0 Å². The first-order valence-corrected chi connectivity index (χ1v) is 7.15. The maximum absolute atomic E-state index is 11.9. The predicted octanol–water partition coefficient (Wildman–Crippen LogP) is 1.00. The summed E-state index contributed by atoms with van der Waals surface area (Å²) in [6.07, 6.45) is 5.23. The van der Waals surface area contributed by atoms with E-state index in [1.54, 1.807) is 7.05 Å². The highest BCUT2D eigenvalue weighted by Crippen LogP contribution is 2.23. The van der Waals surface area contributed by atoms with Crippen molar-refractivity contribution in [3.63, 3.8) is 0 Å². The van der Waals surface area contributed by atoms with Crippen LogP contribution in [-0.4, -0.2) is 47.4 Å². The van der Waals surface area contributed by atoms with Crippen LogP contribution >= 0.6 is 0 Å². The number of hydrogen-bond donors (Lipinski definition) is 2. The first-order chi connectivity index (χ1) is 9.41. The average Bonchev–Trinajstić information content (AvgIpc) is 2.31. The van der Waals surface area contributed by atoms with Crippen molar-refractivity contribution < 1.29 is 19.5 Å². The van der Waals surface area contributed by atoms with E-state index in [-0.39, 0.29) is 24.4 Å². The molecule has 0 aliphatic heterocycles. The molecule has 6 nitrogen and oxygen atoms in total. The molecule has 2 N–H and O–H groups in total. The molecule has 1 aliphatic rings. The number of carbonyl (C=O) groups excluding carboxylic acids is 2. The van der Waals surface area contributed by atoms with E-state index < -0.39 is 11.9 Å². The number of hydrogen-bond acceptors (Lipinski definition) is 3. The molecule has 6 heteroatoms. The number of nitrogens with zero attached hydrogens (tertiary/aromatic N) is 1. The van der Waals surface area contributed by atoms with Gasteiger partial charge in [0.25, 0.3) is 0 Å². The fourth-order valence-corrected chi connectivity index (χ4v) is 2.53. The van der Waals surface area contributed by atoms with Gasteiger partial charge in [-0.15, -0.1) is 0 Å². The Bertz CT molecular complexity index is 370. The summed E-state index contributed by atoms with van der Waals surface area (Å²) in [4.78, 5) is 35.6. The van der Waals surface area contributed by atoms with E-state index in [9.17, 15) is 19.5 Å². The second kappa shape index (κ2) is 7.87. The highest BCUT2D eigenvalue weighted by molar-refractivity contribution is 5.84. The number of rotatable bonds is 4. The molecule has 2 atom stereocenters. The van der Waals surface area contributed by atoms with Gasteiger partial charge in [-0.25, -0.2) is 0 Å². The number of carboxylic acid groups (broad SMARTS) is 1. The molecule has 0 aromatic carbocycles. The lowest BCUT2D eigenvalue weighted by Gasteiger charge is -2.28. The summed E-state index contributed by atoms with van der Waals surface area (Å²) in [5, 5.41) is 12.1. The summed E-state index contributed by atoms with van der Waals surface area (Å²) in [6, 6.07) is -0.333. The molecule has 0 aromatic heterocycles. The SMILES string of the molecule is CC(=O)N(C)CC(=O)NC1CCCCCCC1C(=O)O. The Hall–Kier alpha value is -1.59. The number of amides is 2. The standard InChI is InChI=1S/C14H24N2O4/c1-10(17)16(2)9-13(18)15-12-8-6-4-3-5-7-11(12)14(19)20/h11-12H,3-9H2,1-2H3,(H,15,18)(H,19,20). The summed E-state index contributed by atoms with van der Waals surface area (Å²) >= 11 is 0. The quantitative estimate of drug-likeness (QED) is 0.806. The summed E-state index contributed by atoms with van der Waals surface area (Å²) in [5.41, 5.74) is 0. The van der Waals surface area contributed by atoms with E-state index in [0.29, 0.717) is 12.8 Å². The zero-order chi connectivity index (χ0) is 15.1. The van der Waals surface area contributed by atoms with E-state index in [4.69, 9.17) is 0 Å². The average molecular weight is 284 g/mol. The van der Waals surface area contributed by atoms with Gasteiger partial charge in [-0.1, -0.05) is 25.7 Å². The fourth-order valence-electron chi connectivity index (χ4n) is 2.53. The zero-order valence-electron chi connectivity index (χ0n) is 12.2. The van der Waals surface area contributed by atoms with Crippen LogP contribution in [-0.2, 0) is 14.4 Å². The monoisotopic (exact) mass is 284 g/mol. The van der Waals surface area contributed by atoms with Crippen molar-refractivity contribution in [3.8, 4) is 0 Å². The van der Waals surface area contributed by atoms with Gasteiger partial charge < -0.3 is 15.3 Å². The molecule has 1 rings (SSSR count). The van der Waals surface area contributed by atoms with E-state index in [0.717, 1.165) is 25.7 Å². The minimum atomic E-state index is -0.850. The molecule has 2 amide bonds. The summed E-state index contributed by atoms with van der Waals surface area (Å²) in [7, 11) is 1.55. The second-order valence-electron chi connectivity index (χ2n) is 5.49. The lowest BCUT2D eigenvalue weighted by Crippen LogP contribution is -2.47. The van der Waals surface area contributed by atoms with Crippen molar-refractivity contribution in [2.75, 3.05) is 13.6 Å². The Morgan fingerprint density at radius 2 is 1.75 bits per heavy atom. The summed E-state index contributed by atoms with van der Waals surface area (Å²) < 4.78 is 0. The first-order valence-electron chi connectivity index (χ1n) is 7.15. The number of aliphatic carboxylic acids is 1. The minimum absolute atomic E-state index is 0.0296. The molecule has 20 heavy (non-hydrogen) atoms. The zero-order valence-corrected chi connectivity index (χ0v) is 12.2. The van der Waals surface area contributed by atoms with Gasteiger partial charge in [0, 0.05) is 20.0 Å². The first kappa shape index (κ1) is 16.5. The van der Waals surface area contributed by atoms with Crippen molar-refractivity contribution >= 4 is 17.8 Å². The largest absolute Gasteiger partial charge is 0.481 e. The molecule has 0 radical (unpaired) electrons. The van der Waals surface area contributed by atoms with Crippen LogP contribution in [0, 0.1) is 5.92 Å². The van der Waals surface area contributed by atoms with Crippen LogP contribution in [0.2, 0.25) is 0 Å². The molecule has 2 unspecified atom stereocenters. The van der Waals surface area contributed by atoms with Gasteiger partial charge >= 0.3 is 5.97 Å². The van der Waals surface area contributed by atoms with Gasteiger partial charge in [0.2, 0.25) is 11.8 Å². The molecular formula is C14H24N2O4. The molecule has 0 spiro atoms. The maximum Gasteiger partial charge on any atom is 0.308 e. The number of carbonyl (C=O) groups is 3. The molecule has 1 fully saturated rings. The highest BCUT2D eigenvalue weighted by Gasteiger charge is 2.30. The molecule has 0 aromatic rings. The third kappa shape index (κ3) is 5.19. The van der Waals surface area contributed by atoms with Gasteiger partial charge in [-0.2, -0.15) is 0 Å². The number of likely N-dealkylation sites (N-methyl/N-ethyl adjacent to an activating group) is 1. The number of nitrogens with one attached hydrogen (secondary N) is 1. The van der Waals surface area contributed by atoms with Crippen LogP contribution in [0.15, 0.2) is 0 Å². The topological polar surface area (TPSA) is 86.7 Å². The summed E-state index contributed by atoms with van der Waals surface area (Å²) in [5.74, 6) is -1.86. The molecule has 1 saturated carbocycles. The van der Waals surface area contributed by atoms with E-state index in [2.05, 4.69) is 5.32 Å². The Balaban J connectivity index is 2.61. The normalized spacial score (nSPS) is 23.3. The maximum atomic E-state index is 11.9. The van der Waals surface area contributed by atoms with Crippen molar-refractivity contribution in [2.45, 2.75) is 51.5 Å². The van der Waals surface area contributed by atoms with Crippen LogP contribution in [0.4, 0.5) is 0 Å². The molecule has 1 aliphatic carbocycles. The lowest BCUT2D eigenvalue weighted by molar-refractivity contribution is -0.144. The fraction of sp³-hybridized carbons (Fsp3) is 0.786. The van der Waals surface area contributed by atoms with Crippen molar-refractivity contribution in [3.05, 3.63) is 0 Å². The third-order valence-electron chi connectivity index (χ3n) is 3.85. The van der Waals surface area contributed by atoms with E-state index in [1.165, 1.54) is 11.8 Å². The van der Waals surface area contributed by atoms with Crippen LogP contribution in [0.5, 0.6) is 0 Å². The van der Waals surface area contributed by atoms with Gasteiger partial charge in [0.1, 0.15) is 0 Å². The minimum Gasteiger partial charge on any atom is -0.481 e. The molecule has 0 saturated heterocycles. The van der Waals surface area contributed by atoms with Crippen molar-refractivity contribution in [1.82, 2.24) is 10.2 Å². The Kier molecular flexibility index (Phi) is 6.48. The van der Waals surface area contributed by atoms with Crippen LogP contribution in [0.1, 0.15) is 45.4 Å².